The Morgan fingerprint density at radius 1 is 1.11 bits per heavy atom. The fourth-order valence-corrected chi connectivity index (χ4v) is 1.92. The van der Waals surface area contributed by atoms with Gasteiger partial charge in [0.05, 0.1) is 10.0 Å². The van der Waals surface area contributed by atoms with E-state index in [1.165, 1.54) is 6.92 Å². The zero-order chi connectivity index (χ0) is 13.8. The van der Waals surface area contributed by atoms with Gasteiger partial charge < -0.3 is 4.74 Å². The lowest BCUT2D eigenvalue weighted by molar-refractivity contribution is 0.101. The molecular weight excluding hydrogens is 283 g/mol. The molecule has 19 heavy (non-hydrogen) atoms. The van der Waals surface area contributed by atoms with E-state index in [2.05, 4.69) is 0 Å². The van der Waals surface area contributed by atoms with Crippen molar-refractivity contribution < 1.29 is 9.53 Å². The van der Waals surface area contributed by atoms with Crippen molar-refractivity contribution in [1.82, 2.24) is 0 Å². The number of benzene rings is 2. The predicted molar refractivity (Wildman–Crippen MR) is 77.2 cm³/mol. The molecule has 0 aliphatic carbocycles. The lowest BCUT2D eigenvalue weighted by Crippen LogP contribution is -1.97. The molecule has 0 saturated carbocycles. The van der Waals surface area contributed by atoms with Crippen LogP contribution < -0.4 is 4.74 Å². The highest BCUT2D eigenvalue weighted by atomic mass is 35.5. The summed E-state index contributed by atoms with van der Waals surface area (Å²) >= 11 is 11.8. The van der Waals surface area contributed by atoms with Crippen molar-refractivity contribution in [2.45, 2.75) is 13.5 Å². The molecular formula is C15H12Cl2O2. The zero-order valence-corrected chi connectivity index (χ0v) is 11.8. The second-order valence-corrected chi connectivity index (χ2v) is 4.94. The van der Waals surface area contributed by atoms with E-state index >= 15 is 0 Å². The van der Waals surface area contributed by atoms with Gasteiger partial charge in [0.1, 0.15) is 12.4 Å². The number of hydrogen-bond acceptors (Lipinski definition) is 2. The minimum Gasteiger partial charge on any atom is -0.489 e. The Bertz CT molecular complexity index is 609. The molecule has 0 atom stereocenters. The first-order valence-corrected chi connectivity index (χ1v) is 6.49. The largest absolute Gasteiger partial charge is 0.489 e. The molecule has 2 nitrogen and oxygen atoms in total. The number of hydrogen-bond donors (Lipinski definition) is 0. The molecule has 0 radical (unpaired) electrons. The minimum atomic E-state index is 0.0139. The Labute approximate surface area is 121 Å². The molecule has 2 aromatic rings. The van der Waals surface area contributed by atoms with Crippen molar-refractivity contribution >= 4 is 29.0 Å². The summed E-state index contributed by atoms with van der Waals surface area (Å²) in [6.07, 6.45) is 0. The van der Waals surface area contributed by atoms with Gasteiger partial charge in [-0.1, -0.05) is 41.4 Å². The topological polar surface area (TPSA) is 26.3 Å². The molecule has 0 bridgehead atoms. The van der Waals surface area contributed by atoms with Gasteiger partial charge in [0.25, 0.3) is 0 Å². The van der Waals surface area contributed by atoms with Crippen LogP contribution in [-0.2, 0) is 6.61 Å². The summed E-state index contributed by atoms with van der Waals surface area (Å²) in [5, 5.41) is 1.02. The number of Topliss-reactive ketones (excluding diaryl/α,β-unsaturated/α-hetero) is 1. The molecule has 0 aliphatic heterocycles. The van der Waals surface area contributed by atoms with Crippen LogP contribution in [0.25, 0.3) is 0 Å². The highest BCUT2D eigenvalue weighted by molar-refractivity contribution is 6.42. The smallest absolute Gasteiger partial charge is 0.159 e. The van der Waals surface area contributed by atoms with Gasteiger partial charge in [-0.2, -0.15) is 0 Å². The van der Waals surface area contributed by atoms with Gasteiger partial charge in [0.15, 0.2) is 5.78 Å². The number of rotatable bonds is 4. The van der Waals surface area contributed by atoms with Gasteiger partial charge in [0.2, 0.25) is 0 Å². The quantitative estimate of drug-likeness (QED) is 0.759. The van der Waals surface area contributed by atoms with Crippen LogP contribution in [0, 0.1) is 0 Å². The number of ketones is 1. The SMILES string of the molecule is CC(=O)c1cccc(OCc2ccc(Cl)c(Cl)c2)c1. The van der Waals surface area contributed by atoms with Gasteiger partial charge >= 0.3 is 0 Å². The third-order valence-electron chi connectivity index (χ3n) is 2.63. The molecule has 0 saturated heterocycles. The molecule has 0 N–H and O–H groups in total. The Balaban J connectivity index is 2.07. The van der Waals surface area contributed by atoms with Crippen LogP contribution >= 0.6 is 23.2 Å². The van der Waals surface area contributed by atoms with Crippen LogP contribution in [0.4, 0.5) is 0 Å². The van der Waals surface area contributed by atoms with Gasteiger partial charge in [-0.05, 0) is 36.8 Å². The average Bonchev–Trinajstić information content (AvgIpc) is 2.40. The molecule has 0 unspecified atom stereocenters. The van der Waals surface area contributed by atoms with Crippen molar-refractivity contribution in [2.75, 3.05) is 0 Å². The van der Waals surface area contributed by atoms with Crippen molar-refractivity contribution in [3.05, 3.63) is 63.6 Å². The Morgan fingerprint density at radius 3 is 2.58 bits per heavy atom. The summed E-state index contributed by atoms with van der Waals surface area (Å²) < 4.78 is 5.62. The summed E-state index contributed by atoms with van der Waals surface area (Å²) in [6, 6.07) is 12.4. The Kier molecular flexibility index (Phi) is 4.46. The third-order valence-corrected chi connectivity index (χ3v) is 3.37. The fraction of sp³-hybridized carbons (Fsp3) is 0.133. The minimum absolute atomic E-state index is 0.0139. The molecule has 0 heterocycles. The van der Waals surface area contributed by atoms with Crippen LogP contribution in [0.15, 0.2) is 42.5 Å². The van der Waals surface area contributed by atoms with Crippen molar-refractivity contribution in [2.24, 2.45) is 0 Å². The lowest BCUT2D eigenvalue weighted by atomic mass is 10.1. The van der Waals surface area contributed by atoms with Crippen molar-refractivity contribution in [1.29, 1.82) is 0 Å². The second-order valence-electron chi connectivity index (χ2n) is 4.12. The van der Waals surface area contributed by atoms with Crippen LogP contribution in [0.2, 0.25) is 10.0 Å². The summed E-state index contributed by atoms with van der Waals surface area (Å²) in [5.41, 5.74) is 1.55. The van der Waals surface area contributed by atoms with Gasteiger partial charge in [0, 0.05) is 5.56 Å². The summed E-state index contributed by atoms with van der Waals surface area (Å²) in [5.74, 6) is 0.666. The molecule has 0 aliphatic rings. The van der Waals surface area contributed by atoms with Crippen molar-refractivity contribution in [3.8, 4) is 5.75 Å². The van der Waals surface area contributed by atoms with E-state index in [-0.39, 0.29) is 5.78 Å². The van der Waals surface area contributed by atoms with Gasteiger partial charge in [-0.15, -0.1) is 0 Å². The molecule has 0 spiro atoms. The predicted octanol–water partition coefficient (Wildman–Crippen LogP) is 4.78. The number of ether oxygens (including phenoxy) is 1. The summed E-state index contributed by atoms with van der Waals surface area (Å²) in [4.78, 5) is 11.3. The standard InChI is InChI=1S/C15H12Cl2O2/c1-10(18)12-3-2-4-13(8-12)19-9-11-5-6-14(16)15(17)7-11/h2-8H,9H2,1H3. The molecule has 2 aromatic carbocycles. The normalized spacial score (nSPS) is 10.3. The molecule has 4 heteroatoms. The van der Waals surface area contributed by atoms with Crippen LogP contribution in [-0.4, -0.2) is 5.78 Å². The first-order chi connectivity index (χ1) is 9.06. The van der Waals surface area contributed by atoms with Crippen LogP contribution in [0.1, 0.15) is 22.8 Å². The average molecular weight is 295 g/mol. The molecule has 0 amide bonds. The third kappa shape index (κ3) is 3.72. The Hall–Kier alpha value is -1.51. The van der Waals surface area contributed by atoms with E-state index in [1.54, 1.807) is 30.3 Å². The number of halogens is 2. The molecule has 2 rings (SSSR count). The first kappa shape index (κ1) is 13.9. The maximum atomic E-state index is 11.3. The molecule has 98 valence electrons. The summed E-state index contributed by atoms with van der Waals surface area (Å²) in [7, 11) is 0. The Morgan fingerprint density at radius 2 is 1.89 bits per heavy atom. The van der Waals surface area contributed by atoms with Crippen LogP contribution in [0.5, 0.6) is 5.75 Å². The molecule has 0 aromatic heterocycles. The van der Waals surface area contributed by atoms with E-state index in [4.69, 9.17) is 27.9 Å². The fourth-order valence-electron chi connectivity index (χ4n) is 1.60. The highest BCUT2D eigenvalue weighted by Crippen LogP contribution is 2.23. The monoisotopic (exact) mass is 294 g/mol. The summed E-state index contributed by atoms with van der Waals surface area (Å²) in [6.45, 7) is 1.90. The van der Waals surface area contributed by atoms with E-state index in [1.807, 2.05) is 12.1 Å². The number of carbonyl (C=O) groups excluding carboxylic acids is 1. The maximum absolute atomic E-state index is 11.3. The van der Waals surface area contributed by atoms with Gasteiger partial charge in [-0.3, -0.25) is 4.79 Å². The van der Waals surface area contributed by atoms with E-state index in [9.17, 15) is 4.79 Å². The van der Waals surface area contributed by atoms with Crippen molar-refractivity contribution in [3.63, 3.8) is 0 Å². The second kappa shape index (κ2) is 6.09. The first-order valence-electron chi connectivity index (χ1n) is 5.74. The maximum Gasteiger partial charge on any atom is 0.159 e. The van der Waals surface area contributed by atoms with Gasteiger partial charge in [-0.25, -0.2) is 0 Å². The van der Waals surface area contributed by atoms with Crippen LogP contribution in [0.3, 0.4) is 0 Å². The zero-order valence-electron chi connectivity index (χ0n) is 10.3. The highest BCUT2D eigenvalue weighted by Gasteiger charge is 2.03. The van der Waals surface area contributed by atoms with E-state index < -0.39 is 0 Å². The van der Waals surface area contributed by atoms with E-state index in [0.717, 1.165) is 5.56 Å². The van der Waals surface area contributed by atoms with E-state index in [0.29, 0.717) is 28.0 Å². The molecule has 0 fully saturated rings. The lowest BCUT2D eigenvalue weighted by Gasteiger charge is -2.08. The number of carbonyl (C=O) groups is 1.